The minimum atomic E-state index is -0.681. The van der Waals surface area contributed by atoms with E-state index in [4.69, 9.17) is 14.2 Å². The molecular weight excluding hydrogens is 260 g/mol. The van der Waals surface area contributed by atoms with Crippen LogP contribution in [-0.2, 0) is 9.53 Å². The number of ketones is 1. The van der Waals surface area contributed by atoms with E-state index < -0.39 is 5.60 Å². The van der Waals surface area contributed by atoms with Crippen LogP contribution in [0.15, 0.2) is 23.3 Å². The van der Waals surface area contributed by atoms with Gasteiger partial charge in [0, 0.05) is 6.54 Å². The number of carbonyl (C=O) groups excluding carboxylic acids is 1. The molecule has 2 atom stereocenters. The summed E-state index contributed by atoms with van der Waals surface area (Å²) in [5.41, 5.74) is 3.76. The number of ether oxygens (including phenoxy) is 3. The van der Waals surface area contributed by atoms with E-state index >= 15 is 0 Å². The van der Waals surface area contributed by atoms with Crippen molar-refractivity contribution in [2.45, 2.75) is 18.4 Å². The molecule has 1 aromatic rings. The third-order valence-corrected chi connectivity index (χ3v) is 3.91. The first-order valence-corrected chi connectivity index (χ1v) is 6.56. The smallest absolute Gasteiger partial charge is 0.231 e. The second kappa shape index (κ2) is 3.96. The van der Waals surface area contributed by atoms with Gasteiger partial charge in [0.2, 0.25) is 12.6 Å². The molecule has 6 heteroatoms. The highest BCUT2D eigenvalue weighted by Gasteiger charge is 2.51. The lowest BCUT2D eigenvalue weighted by Gasteiger charge is -2.13. The molecule has 2 unspecified atom stereocenters. The molecule has 3 aliphatic heterocycles. The lowest BCUT2D eigenvalue weighted by molar-refractivity contribution is -0.117. The molecule has 3 heterocycles. The lowest BCUT2D eigenvalue weighted by atomic mass is 9.88. The van der Waals surface area contributed by atoms with Gasteiger partial charge in [0.25, 0.3) is 0 Å². The number of hydrazone groups is 1. The van der Waals surface area contributed by atoms with Crippen LogP contribution in [0.25, 0.3) is 0 Å². The molecule has 0 spiro atoms. The van der Waals surface area contributed by atoms with Crippen LogP contribution >= 0.6 is 0 Å². The second-order valence-electron chi connectivity index (χ2n) is 5.37. The molecule has 20 heavy (non-hydrogen) atoms. The van der Waals surface area contributed by atoms with Gasteiger partial charge in [0.1, 0.15) is 5.71 Å². The normalized spacial score (nSPS) is 29.9. The topological polar surface area (TPSA) is 72.5 Å². The van der Waals surface area contributed by atoms with Gasteiger partial charge in [-0.1, -0.05) is 6.07 Å². The van der Waals surface area contributed by atoms with Crippen LogP contribution in [0, 0.1) is 0 Å². The minimum Gasteiger partial charge on any atom is -0.454 e. The molecule has 3 aliphatic rings. The number of nitrogens with one attached hydrogen (secondary N) is 1. The molecule has 0 radical (unpaired) electrons. The second-order valence-corrected chi connectivity index (χ2v) is 5.37. The summed E-state index contributed by atoms with van der Waals surface area (Å²) in [6.07, 6.45) is 0. The molecule has 0 amide bonds. The van der Waals surface area contributed by atoms with E-state index in [1.165, 1.54) is 0 Å². The van der Waals surface area contributed by atoms with Crippen molar-refractivity contribution in [3.63, 3.8) is 0 Å². The Morgan fingerprint density at radius 2 is 2.20 bits per heavy atom. The molecule has 6 nitrogen and oxygen atoms in total. The molecule has 0 aromatic heterocycles. The molecule has 0 saturated carbocycles. The quantitative estimate of drug-likeness (QED) is 0.826. The number of carbonyl (C=O) groups is 1. The Kier molecular flexibility index (Phi) is 2.32. The van der Waals surface area contributed by atoms with Crippen LogP contribution in [0.1, 0.15) is 18.4 Å². The third kappa shape index (κ3) is 1.68. The summed E-state index contributed by atoms with van der Waals surface area (Å²) in [5, 5.41) is 4.16. The Balaban J connectivity index is 1.65. The number of nitrogens with zero attached hydrogens (tertiary/aromatic N) is 1. The fourth-order valence-corrected chi connectivity index (χ4v) is 2.52. The number of Topliss-reactive ketones (excluding diaryl/α,β-unsaturated/α-hetero) is 1. The van der Waals surface area contributed by atoms with E-state index in [1.807, 2.05) is 18.2 Å². The van der Waals surface area contributed by atoms with E-state index in [9.17, 15) is 4.79 Å². The van der Waals surface area contributed by atoms with E-state index in [0.29, 0.717) is 18.9 Å². The number of epoxide rings is 1. The fourth-order valence-electron chi connectivity index (χ4n) is 2.52. The van der Waals surface area contributed by atoms with Crippen LogP contribution in [0.3, 0.4) is 0 Å². The van der Waals surface area contributed by atoms with Gasteiger partial charge in [-0.05, 0) is 24.6 Å². The number of hydrogen-bond acceptors (Lipinski definition) is 6. The highest BCUT2D eigenvalue weighted by atomic mass is 16.7. The van der Waals surface area contributed by atoms with Gasteiger partial charge in [0.15, 0.2) is 17.1 Å². The zero-order chi connectivity index (χ0) is 13.7. The average molecular weight is 274 g/mol. The number of fused-ring (bicyclic) bond motifs is 1. The van der Waals surface area contributed by atoms with Gasteiger partial charge >= 0.3 is 0 Å². The zero-order valence-electron chi connectivity index (χ0n) is 11.0. The maximum Gasteiger partial charge on any atom is 0.231 e. The fraction of sp³-hybridized carbons (Fsp3) is 0.429. The highest BCUT2D eigenvalue weighted by Crippen LogP contribution is 2.37. The molecular formula is C14H14N2O4. The van der Waals surface area contributed by atoms with E-state index in [2.05, 4.69) is 10.5 Å². The SMILES string of the molecule is CC1(C(=O)C2=NNCC2c2ccc3c(c2)OCO3)CO1. The molecule has 1 saturated heterocycles. The van der Waals surface area contributed by atoms with Crippen LogP contribution in [0.2, 0.25) is 0 Å². The Hall–Kier alpha value is -2.08. The summed E-state index contributed by atoms with van der Waals surface area (Å²) >= 11 is 0. The Labute approximate surface area is 115 Å². The first kappa shape index (κ1) is 11.7. The standard InChI is InChI=1S/C14H14N2O4/c1-14(6-20-14)13(17)12-9(5-15-16-12)8-2-3-10-11(4-8)19-7-18-10/h2-4,9,15H,5-7H2,1H3. The van der Waals surface area contributed by atoms with Crippen molar-refractivity contribution in [3.8, 4) is 11.5 Å². The first-order valence-electron chi connectivity index (χ1n) is 6.56. The highest BCUT2D eigenvalue weighted by molar-refractivity contribution is 6.45. The van der Waals surface area contributed by atoms with Crippen LogP contribution in [0.4, 0.5) is 0 Å². The third-order valence-electron chi connectivity index (χ3n) is 3.91. The zero-order valence-corrected chi connectivity index (χ0v) is 11.0. The van der Waals surface area contributed by atoms with Crippen LogP contribution < -0.4 is 14.9 Å². The largest absolute Gasteiger partial charge is 0.454 e. The van der Waals surface area contributed by atoms with Crippen molar-refractivity contribution < 1.29 is 19.0 Å². The molecule has 0 bridgehead atoms. The number of rotatable bonds is 3. The van der Waals surface area contributed by atoms with E-state index in [1.54, 1.807) is 6.92 Å². The summed E-state index contributed by atoms with van der Waals surface area (Å²) in [7, 11) is 0. The molecule has 104 valence electrons. The summed E-state index contributed by atoms with van der Waals surface area (Å²) < 4.78 is 15.9. The number of hydrogen-bond donors (Lipinski definition) is 1. The van der Waals surface area contributed by atoms with Gasteiger partial charge in [-0.2, -0.15) is 5.10 Å². The van der Waals surface area contributed by atoms with Crippen molar-refractivity contribution in [3.05, 3.63) is 23.8 Å². The summed E-state index contributed by atoms with van der Waals surface area (Å²) in [6, 6.07) is 5.73. The van der Waals surface area contributed by atoms with Gasteiger partial charge in [-0.25, -0.2) is 0 Å². The molecule has 4 rings (SSSR count). The van der Waals surface area contributed by atoms with Gasteiger partial charge in [-0.15, -0.1) is 0 Å². The summed E-state index contributed by atoms with van der Waals surface area (Å²) in [5.74, 6) is 1.35. The van der Waals surface area contributed by atoms with Crippen LogP contribution in [-0.4, -0.2) is 37.0 Å². The maximum atomic E-state index is 12.4. The molecule has 1 fully saturated rings. The predicted molar refractivity (Wildman–Crippen MR) is 70.1 cm³/mol. The monoisotopic (exact) mass is 274 g/mol. The molecule has 0 aliphatic carbocycles. The van der Waals surface area contributed by atoms with Crippen LogP contribution in [0.5, 0.6) is 11.5 Å². The Morgan fingerprint density at radius 3 is 3.00 bits per heavy atom. The Morgan fingerprint density at radius 1 is 1.40 bits per heavy atom. The van der Waals surface area contributed by atoms with Crippen molar-refractivity contribution in [1.82, 2.24) is 5.43 Å². The summed E-state index contributed by atoms with van der Waals surface area (Å²) in [6.45, 7) is 3.12. The maximum absolute atomic E-state index is 12.4. The lowest BCUT2D eigenvalue weighted by Crippen LogP contribution is -2.32. The van der Waals surface area contributed by atoms with Crippen molar-refractivity contribution >= 4 is 11.5 Å². The number of benzene rings is 1. The van der Waals surface area contributed by atoms with Gasteiger partial charge in [-0.3, -0.25) is 4.79 Å². The average Bonchev–Trinajstić information content (AvgIpc) is 2.93. The van der Waals surface area contributed by atoms with Crippen molar-refractivity contribution in [1.29, 1.82) is 0 Å². The van der Waals surface area contributed by atoms with Gasteiger partial charge < -0.3 is 19.6 Å². The predicted octanol–water partition coefficient (Wildman–Crippen LogP) is 0.816. The van der Waals surface area contributed by atoms with Crippen molar-refractivity contribution in [2.75, 3.05) is 19.9 Å². The summed E-state index contributed by atoms with van der Waals surface area (Å²) in [4.78, 5) is 12.4. The molecule has 1 aromatic carbocycles. The molecule has 1 N–H and O–H groups in total. The van der Waals surface area contributed by atoms with E-state index in [0.717, 1.165) is 17.1 Å². The minimum absolute atomic E-state index is 0.0369. The Bertz CT molecular complexity index is 622. The van der Waals surface area contributed by atoms with E-state index in [-0.39, 0.29) is 18.5 Å². The first-order chi connectivity index (χ1) is 9.67. The van der Waals surface area contributed by atoms with Crippen molar-refractivity contribution in [2.24, 2.45) is 5.10 Å². The van der Waals surface area contributed by atoms with Gasteiger partial charge in [0.05, 0.1) is 12.5 Å².